The lowest BCUT2D eigenvalue weighted by Crippen LogP contribution is -2.48. The Balaban J connectivity index is 1.62. The van der Waals surface area contributed by atoms with Crippen LogP contribution in [0.3, 0.4) is 0 Å². The molecule has 1 aliphatic rings. The molecule has 3 rings (SSSR count). The van der Waals surface area contributed by atoms with Crippen molar-refractivity contribution >= 4 is 5.91 Å². The van der Waals surface area contributed by atoms with Crippen molar-refractivity contribution in [3.63, 3.8) is 0 Å². The Kier molecular flexibility index (Phi) is 6.63. The van der Waals surface area contributed by atoms with Crippen molar-refractivity contribution in [1.82, 2.24) is 5.32 Å². The minimum atomic E-state index is -0.266. The summed E-state index contributed by atoms with van der Waals surface area (Å²) in [5.41, 5.74) is 0.503. The van der Waals surface area contributed by atoms with Crippen LogP contribution in [0.1, 0.15) is 37.0 Å². The highest BCUT2D eigenvalue weighted by molar-refractivity contribution is 5.95. The third-order valence-electron chi connectivity index (χ3n) is 4.63. The maximum atomic E-state index is 12.7. The summed E-state index contributed by atoms with van der Waals surface area (Å²) in [6.07, 6.45) is 1.76. The number of benzene rings is 2. The number of rotatable bonds is 8. The summed E-state index contributed by atoms with van der Waals surface area (Å²) in [6.45, 7) is 5.01. The normalized spacial score (nSPS) is 16.2. The molecular formula is C22H27NO5. The molecule has 0 fully saturated rings. The minimum Gasteiger partial charge on any atom is -0.493 e. The number of nitrogens with one attached hydrogen (secondary N) is 1. The fourth-order valence-corrected chi connectivity index (χ4v) is 2.92. The second-order valence-corrected chi connectivity index (χ2v) is 6.74. The van der Waals surface area contributed by atoms with E-state index in [0.29, 0.717) is 36.0 Å². The van der Waals surface area contributed by atoms with Crippen LogP contribution in [0.5, 0.6) is 23.0 Å². The van der Waals surface area contributed by atoms with E-state index >= 15 is 0 Å². The van der Waals surface area contributed by atoms with Crippen LogP contribution in [0.15, 0.2) is 42.5 Å². The van der Waals surface area contributed by atoms with Gasteiger partial charge in [-0.05, 0) is 43.7 Å². The van der Waals surface area contributed by atoms with Crippen LogP contribution < -0.4 is 24.3 Å². The highest BCUT2D eigenvalue weighted by Gasteiger charge is 2.27. The maximum absolute atomic E-state index is 12.7. The lowest BCUT2D eigenvalue weighted by Gasteiger charge is -2.30. The quantitative estimate of drug-likeness (QED) is 0.700. The summed E-state index contributed by atoms with van der Waals surface area (Å²) in [4.78, 5) is 12.7. The van der Waals surface area contributed by atoms with E-state index in [-0.39, 0.29) is 18.1 Å². The van der Waals surface area contributed by atoms with Crippen LogP contribution in [0.4, 0.5) is 0 Å². The number of amides is 1. The number of carbonyl (C=O) groups is 1. The fraction of sp³-hybridized carbons (Fsp3) is 0.409. The van der Waals surface area contributed by atoms with E-state index in [2.05, 4.69) is 12.2 Å². The lowest BCUT2D eigenvalue weighted by molar-refractivity contribution is 0.0606. The van der Waals surface area contributed by atoms with Gasteiger partial charge in [0.1, 0.15) is 6.61 Å². The molecule has 0 saturated heterocycles. The van der Waals surface area contributed by atoms with Crippen LogP contribution in [0.25, 0.3) is 0 Å². The van der Waals surface area contributed by atoms with Gasteiger partial charge in [0, 0.05) is 5.56 Å². The van der Waals surface area contributed by atoms with E-state index in [9.17, 15) is 4.79 Å². The molecule has 150 valence electrons. The Morgan fingerprint density at radius 1 is 1.21 bits per heavy atom. The van der Waals surface area contributed by atoms with Crippen LogP contribution in [0, 0.1) is 0 Å². The van der Waals surface area contributed by atoms with Gasteiger partial charge in [-0.1, -0.05) is 25.5 Å². The molecule has 1 amide bonds. The van der Waals surface area contributed by atoms with Gasteiger partial charge in [-0.2, -0.15) is 0 Å². The molecule has 0 aromatic heterocycles. The summed E-state index contributed by atoms with van der Waals surface area (Å²) < 4.78 is 22.8. The van der Waals surface area contributed by atoms with Gasteiger partial charge < -0.3 is 24.3 Å². The molecule has 0 aliphatic carbocycles. The molecule has 28 heavy (non-hydrogen) atoms. The first kappa shape index (κ1) is 19.9. The van der Waals surface area contributed by atoms with Crippen molar-refractivity contribution < 1.29 is 23.7 Å². The van der Waals surface area contributed by atoms with Gasteiger partial charge in [-0.15, -0.1) is 0 Å². The van der Waals surface area contributed by atoms with Gasteiger partial charge in [0.05, 0.1) is 19.8 Å². The number of ether oxygens (including phenoxy) is 4. The highest BCUT2D eigenvalue weighted by atomic mass is 16.6. The summed E-state index contributed by atoms with van der Waals surface area (Å²) >= 11 is 0. The zero-order chi connectivity index (χ0) is 19.9. The zero-order valence-electron chi connectivity index (χ0n) is 16.6. The Labute approximate surface area is 165 Å². The highest BCUT2D eigenvalue weighted by Crippen LogP contribution is 2.32. The molecule has 2 atom stereocenters. The first-order chi connectivity index (χ1) is 13.6. The Morgan fingerprint density at radius 2 is 2.00 bits per heavy atom. The predicted octanol–water partition coefficient (Wildman–Crippen LogP) is 3.83. The van der Waals surface area contributed by atoms with Crippen molar-refractivity contribution in [1.29, 1.82) is 0 Å². The fourth-order valence-electron chi connectivity index (χ4n) is 2.92. The lowest BCUT2D eigenvalue weighted by atomic mass is 10.1. The summed E-state index contributed by atoms with van der Waals surface area (Å²) in [5, 5.41) is 2.98. The van der Waals surface area contributed by atoms with Crippen LogP contribution >= 0.6 is 0 Å². The zero-order valence-corrected chi connectivity index (χ0v) is 16.6. The van der Waals surface area contributed by atoms with Gasteiger partial charge >= 0.3 is 0 Å². The molecule has 1 N–H and O–H groups in total. The van der Waals surface area contributed by atoms with E-state index in [1.54, 1.807) is 25.3 Å². The number of carbonyl (C=O) groups excluding carboxylic acids is 1. The number of unbranched alkanes of at least 4 members (excludes halogenated alkanes) is 1. The van der Waals surface area contributed by atoms with Crippen molar-refractivity contribution in [2.45, 2.75) is 38.8 Å². The first-order valence-corrected chi connectivity index (χ1v) is 9.62. The van der Waals surface area contributed by atoms with Gasteiger partial charge in [-0.25, -0.2) is 0 Å². The molecule has 6 nitrogen and oxygen atoms in total. The molecule has 0 spiro atoms. The number of para-hydroxylation sites is 2. The second-order valence-electron chi connectivity index (χ2n) is 6.74. The van der Waals surface area contributed by atoms with Crippen molar-refractivity contribution in [3.05, 3.63) is 48.0 Å². The molecular weight excluding hydrogens is 358 g/mol. The Hall–Kier alpha value is -2.89. The molecule has 1 heterocycles. The van der Waals surface area contributed by atoms with E-state index in [0.717, 1.165) is 18.6 Å². The minimum absolute atomic E-state index is 0.201. The molecule has 0 saturated carbocycles. The van der Waals surface area contributed by atoms with Crippen molar-refractivity contribution in [2.24, 2.45) is 0 Å². The van der Waals surface area contributed by atoms with Gasteiger partial charge in [-0.3, -0.25) is 4.79 Å². The smallest absolute Gasteiger partial charge is 0.251 e. The third-order valence-corrected chi connectivity index (χ3v) is 4.63. The Bertz CT molecular complexity index is 807. The first-order valence-electron chi connectivity index (χ1n) is 9.62. The van der Waals surface area contributed by atoms with E-state index in [1.807, 2.05) is 31.2 Å². The number of hydrogen-bond acceptors (Lipinski definition) is 5. The number of methoxy groups -OCH3 is 1. The van der Waals surface area contributed by atoms with E-state index < -0.39 is 0 Å². The maximum Gasteiger partial charge on any atom is 0.251 e. The van der Waals surface area contributed by atoms with Crippen molar-refractivity contribution in [3.8, 4) is 23.0 Å². The van der Waals surface area contributed by atoms with E-state index in [4.69, 9.17) is 18.9 Å². The molecule has 0 radical (unpaired) electrons. The third kappa shape index (κ3) is 4.68. The van der Waals surface area contributed by atoms with Gasteiger partial charge in [0.15, 0.2) is 29.1 Å². The molecule has 6 heteroatoms. The van der Waals surface area contributed by atoms with E-state index in [1.165, 1.54) is 0 Å². The predicted molar refractivity (Wildman–Crippen MR) is 107 cm³/mol. The summed E-state index contributed by atoms with van der Waals surface area (Å²) in [7, 11) is 1.57. The molecule has 0 unspecified atom stereocenters. The second kappa shape index (κ2) is 9.35. The van der Waals surface area contributed by atoms with Gasteiger partial charge in [0.25, 0.3) is 5.91 Å². The largest absolute Gasteiger partial charge is 0.493 e. The molecule has 0 bridgehead atoms. The number of hydrogen-bond donors (Lipinski definition) is 1. The van der Waals surface area contributed by atoms with Crippen LogP contribution in [-0.2, 0) is 0 Å². The average Bonchev–Trinajstić information content (AvgIpc) is 2.73. The van der Waals surface area contributed by atoms with Crippen LogP contribution in [0.2, 0.25) is 0 Å². The van der Waals surface area contributed by atoms with Crippen LogP contribution in [-0.4, -0.2) is 38.4 Å². The summed E-state index contributed by atoms with van der Waals surface area (Å²) in [6, 6.07) is 12.5. The molecule has 2 aromatic carbocycles. The Morgan fingerprint density at radius 3 is 2.75 bits per heavy atom. The average molecular weight is 385 g/mol. The number of fused-ring (bicyclic) bond motifs is 1. The monoisotopic (exact) mass is 385 g/mol. The standard InChI is InChI=1S/C22H27NO5/c1-4-5-12-26-18-11-10-16(13-20(18)25-3)22(24)23-15(2)21-14-27-17-8-6-7-9-19(17)28-21/h6-11,13,15,21H,4-5,12,14H2,1-3H3,(H,23,24)/t15-,21+/m1/s1. The van der Waals surface area contributed by atoms with Crippen molar-refractivity contribution in [2.75, 3.05) is 20.3 Å². The molecule has 1 aliphatic heterocycles. The summed E-state index contributed by atoms with van der Waals surface area (Å²) in [5.74, 6) is 2.40. The SMILES string of the molecule is CCCCOc1ccc(C(=O)N[C@H](C)[C@@H]2COc3ccccc3O2)cc1OC. The van der Waals surface area contributed by atoms with Gasteiger partial charge in [0.2, 0.25) is 0 Å². The molecule has 2 aromatic rings. The topological polar surface area (TPSA) is 66.0 Å².